The second-order valence-electron chi connectivity index (χ2n) is 4.52. The van der Waals surface area contributed by atoms with Gasteiger partial charge in [0, 0.05) is 16.6 Å². The van der Waals surface area contributed by atoms with Crippen molar-refractivity contribution in [2.24, 2.45) is 0 Å². The van der Waals surface area contributed by atoms with E-state index in [4.69, 9.17) is 9.47 Å². The van der Waals surface area contributed by atoms with E-state index in [1.165, 1.54) is 11.3 Å². The third-order valence-corrected chi connectivity index (χ3v) is 4.29. The molecule has 3 aromatic rings. The minimum atomic E-state index is 0.523. The van der Waals surface area contributed by atoms with Crippen molar-refractivity contribution in [2.75, 3.05) is 14.2 Å². The number of aromatic nitrogens is 2. The number of hydrogen-bond donors (Lipinski definition) is 0. The summed E-state index contributed by atoms with van der Waals surface area (Å²) >= 11 is 1.50. The molecule has 108 valence electrons. The Morgan fingerprint density at radius 1 is 1.29 bits per heavy atom. The Morgan fingerprint density at radius 3 is 2.76 bits per heavy atom. The monoisotopic (exact) mass is 302 g/mol. The minimum Gasteiger partial charge on any atom is -0.497 e. The van der Waals surface area contributed by atoms with Gasteiger partial charge in [-0.15, -0.1) is 11.3 Å². The first-order valence-electron chi connectivity index (χ1n) is 6.33. The molecular formula is C15H14N2O3S. The first kappa shape index (κ1) is 13.6. The van der Waals surface area contributed by atoms with E-state index >= 15 is 0 Å². The highest BCUT2D eigenvalue weighted by molar-refractivity contribution is 7.15. The predicted molar refractivity (Wildman–Crippen MR) is 81.7 cm³/mol. The summed E-state index contributed by atoms with van der Waals surface area (Å²) in [6, 6.07) is 5.45. The molecule has 0 atom stereocenters. The highest BCUT2D eigenvalue weighted by Crippen LogP contribution is 2.36. The Kier molecular flexibility index (Phi) is 3.39. The fraction of sp³-hybridized carbons (Fsp3) is 0.200. The summed E-state index contributed by atoms with van der Waals surface area (Å²) in [6.07, 6.45) is 0.827. The molecule has 2 heterocycles. The molecule has 6 heteroatoms. The van der Waals surface area contributed by atoms with E-state index < -0.39 is 0 Å². The standard InChI is InChI=1S/C15H14N2O3S/c1-9-8-21-15-16-14(12(7-18)17(9)15)11-6-10(19-2)4-5-13(11)20-3/h4-8H,1-3H3. The number of hydrogen-bond acceptors (Lipinski definition) is 5. The zero-order valence-electron chi connectivity index (χ0n) is 11.9. The molecule has 0 saturated carbocycles. The van der Waals surface area contributed by atoms with Crippen LogP contribution in [0.5, 0.6) is 11.5 Å². The molecule has 0 bridgehead atoms. The van der Waals surface area contributed by atoms with Crippen molar-refractivity contribution < 1.29 is 14.3 Å². The number of carbonyl (C=O) groups is 1. The number of aldehydes is 1. The molecule has 0 saturated heterocycles. The molecule has 2 aromatic heterocycles. The van der Waals surface area contributed by atoms with E-state index in [-0.39, 0.29) is 0 Å². The van der Waals surface area contributed by atoms with Crippen LogP contribution < -0.4 is 9.47 Å². The van der Waals surface area contributed by atoms with Crippen molar-refractivity contribution in [2.45, 2.75) is 6.92 Å². The molecule has 5 nitrogen and oxygen atoms in total. The maximum Gasteiger partial charge on any atom is 0.195 e. The Bertz CT molecular complexity index is 820. The second-order valence-corrected chi connectivity index (χ2v) is 5.36. The van der Waals surface area contributed by atoms with Crippen molar-refractivity contribution in [1.29, 1.82) is 0 Å². The van der Waals surface area contributed by atoms with Gasteiger partial charge in [-0.3, -0.25) is 9.20 Å². The molecule has 0 unspecified atom stereocenters. The first-order valence-corrected chi connectivity index (χ1v) is 7.21. The van der Waals surface area contributed by atoms with Gasteiger partial charge in [0.2, 0.25) is 0 Å². The van der Waals surface area contributed by atoms with Crippen LogP contribution in [-0.2, 0) is 0 Å². The third-order valence-electron chi connectivity index (χ3n) is 3.34. The van der Waals surface area contributed by atoms with Crippen molar-refractivity contribution in [3.05, 3.63) is 35.0 Å². The van der Waals surface area contributed by atoms with Crippen LogP contribution in [0.15, 0.2) is 23.6 Å². The average Bonchev–Trinajstić information content (AvgIpc) is 3.06. The largest absolute Gasteiger partial charge is 0.497 e. The molecule has 21 heavy (non-hydrogen) atoms. The fourth-order valence-electron chi connectivity index (χ4n) is 2.33. The SMILES string of the molecule is COc1ccc(OC)c(-c2nc3scc(C)n3c2C=O)c1. The van der Waals surface area contributed by atoms with Gasteiger partial charge in [0.1, 0.15) is 22.9 Å². The summed E-state index contributed by atoms with van der Waals surface area (Å²) in [5, 5.41) is 1.97. The van der Waals surface area contributed by atoms with E-state index in [0.29, 0.717) is 22.9 Å². The molecule has 0 amide bonds. The van der Waals surface area contributed by atoms with E-state index in [1.54, 1.807) is 14.2 Å². The summed E-state index contributed by atoms with van der Waals surface area (Å²) in [6.45, 7) is 1.95. The molecule has 0 N–H and O–H groups in total. The van der Waals surface area contributed by atoms with Crippen LogP contribution in [-0.4, -0.2) is 29.9 Å². The zero-order valence-corrected chi connectivity index (χ0v) is 12.7. The highest BCUT2D eigenvalue weighted by atomic mass is 32.1. The Hall–Kier alpha value is -2.34. The smallest absolute Gasteiger partial charge is 0.195 e. The normalized spacial score (nSPS) is 10.8. The van der Waals surface area contributed by atoms with Crippen molar-refractivity contribution in [1.82, 2.24) is 9.38 Å². The van der Waals surface area contributed by atoms with Gasteiger partial charge in [-0.25, -0.2) is 4.98 Å². The molecule has 0 fully saturated rings. The summed E-state index contributed by atoms with van der Waals surface area (Å²) in [7, 11) is 3.19. The Labute approximate surface area is 125 Å². The van der Waals surface area contributed by atoms with Gasteiger partial charge in [0.15, 0.2) is 11.2 Å². The first-order chi connectivity index (χ1) is 10.2. The number of rotatable bonds is 4. The second kappa shape index (κ2) is 5.21. The fourth-order valence-corrected chi connectivity index (χ4v) is 3.20. The molecule has 0 aliphatic rings. The van der Waals surface area contributed by atoms with Gasteiger partial charge >= 0.3 is 0 Å². The number of carbonyl (C=O) groups excluding carboxylic acids is 1. The maximum absolute atomic E-state index is 11.6. The van der Waals surface area contributed by atoms with Gasteiger partial charge in [-0.2, -0.15) is 0 Å². The molecule has 0 aliphatic heterocycles. The summed E-state index contributed by atoms with van der Waals surface area (Å²) in [5.74, 6) is 1.35. The summed E-state index contributed by atoms with van der Waals surface area (Å²) in [5.41, 5.74) is 2.86. The Morgan fingerprint density at radius 2 is 2.10 bits per heavy atom. The van der Waals surface area contributed by atoms with E-state index in [9.17, 15) is 4.79 Å². The quantitative estimate of drug-likeness (QED) is 0.694. The van der Waals surface area contributed by atoms with E-state index in [1.807, 2.05) is 34.9 Å². The summed E-state index contributed by atoms with van der Waals surface area (Å²) in [4.78, 5) is 16.9. The number of imidazole rings is 1. The van der Waals surface area contributed by atoms with Crippen LogP contribution in [0.3, 0.4) is 0 Å². The van der Waals surface area contributed by atoms with E-state index in [2.05, 4.69) is 4.98 Å². The van der Waals surface area contributed by atoms with Gasteiger partial charge in [0.25, 0.3) is 0 Å². The number of aryl methyl sites for hydroxylation is 1. The highest BCUT2D eigenvalue weighted by Gasteiger charge is 2.19. The lowest BCUT2D eigenvalue weighted by Gasteiger charge is -2.09. The van der Waals surface area contributed by atoms with Gasteiger partial charge in [-0.1, -0.05) is 0 Å². The molecule has 0 spiro atoms. The molecule has 0 radical (unpaired) electrons. The molecular weight excluding hydrogens is 288 g/mol. The summed E-state index contributed by atoms with van der Waals surface area (Å²) < 4.78 is 12.5. The third kappa shape index (κ3) is 2.08. The van der Waals surface area contributed by atoms with Gasteiger partial charge in [0.05, 0.1) is 14.2 Å². The van der Waals surface area contributed by atoms with Gasteiger partial charge in [-0.05, 0) is 25.1 Å². The van der Waals surface area contributed by atoms with Crippen LogP contribution in [0.2, 0.25) is 0 Å². The predicted octanol–water partition coefficient (Wildman–Crippen LogP) is 3.20. The lowest BCUT2D eigenvalue weighted by Crippen LogP contribution is -1.96. The number of ether oxygens (including phenoxy) is 2. The van der Waals surface area contributed by atoms with Crippen LogP contribution in [0.4, 0.5) is 0 Å². The molecule has 3 rings (SSSR count). The average molecular weight is 302 g/mol. The minimum absolute atomic E-state index is 0.523. The van der Waals surface area contributed by atoms with Crippen molar-refractivity contribution in [3.8, 4) is 22.8 Å². The van der Waals surface area contributed by atoms with E-state index in [0.717, 1.165) is 22.5 Å². The molecule has 0 aliphatic carbocycles. The van der Waals surface area contributed by atoms with Crippen LogP contribution >= 0.6 is 11.3 Å². The topological polar surface area (TPSA) is 52.8 Å². The van der Waals surface area contributed by atoms with Crippen LogP contribution in [0, 0.1) is 6.92 Å². The van der Waals surface area contributed by atoms with Crippen molar-refractivity contribution in [3.63, 3.8) is 0 Å². The number of fused-ring (bicyclic) bond motifs is 1. The number of methoxy groups -OCH3 is 2. The van der Waals surface area contributed by atoms with Crippen LogP contribution in [0.1, 0.15) is 16.2 Å². The maximum atomic E-state index is 11.6. The Balaban J connectivity index is 2.31. The van der Waals surface area contributed by atoms with Crippen LogP contribution in [0.25, 0.3) is 16.2 Å². The zero-order chi connectivity index (χ0) is 15.0. The lowest BCUT2D eigenvalue weighted by atomic mass is 10.1. The number of thiazole rings is 1. The van der Waals surface area contributed by atoms with Crippen molar-refractivity contribution >= 4 is 22.6 Å². The molecule has 1 aromatic carbocycles. The number of nitrogens with zero attached hydrogens (tertiary/aromatic N) is 2. The van der Waals surface area contributed by atoms with Gasteiger partial charge < -0.3 is 9.47 Å². The lowest BCUT2D eigenvalue weighted by molar-refractivity contribution is 0.111. The number of benzene rings is 1.